The third-order valence-corrected chi connectivity index (χ3v) is 4.48. The molecule has 4 rings (SSSR count). The van der Waals surface area contributed by atoms with Crippen LogP contribution in [0.5, 0.6) is 5.75 Å². The highest BCUT2D eigenvalue weighted by Gasteiger charge is 2.33. The van der Waals surface area contributed by atoms with Crippen molar-refractivity contribution >= 4 is 11.7 Å². The van der Waals surface area contributed by atoms with Crippen molar-refractivity contribution in [3.05, 3.63) is 63.6 Å². The van der Waals surface area contributed by atoms with E-state index >= 15 is 0 Å². The number of nitrogens with zero attached hydrogens (tertiary/aromatic N) is 3. The van der Waals surface area contributed by atoms with Gasteiger partial charge >= 0.3 is 0 Å². The molecule has 0 saturated carbocycles. The van der Waals surface area contributed by atoms with Crippen molar-refractivity contribution in [3.63, 3.8) is 0 Å². The van der Waals surface area contributed by atoms with Crippen molar-refractivity contribution in [2.45, 2.75) is 19.3 Å². The molecule has 0 saturated heterocycles. The second kappa shape index (κ2) is 6.14. The average molecular weight is 351 g/mol. The van der Waals surface area contributed by atoms with Crippen LogP contribution in [0.3, 0.4) is 0 Å². The van der Waals surface area contributed by atoms with Crippen LogP contribution in [0.25, 0.3) is 5.82 Å². The lowest BCUT2D eigenvalue weighted by atomic mass is 9.86. The molecule has 3 aromatic rings. The normalized spacial score (nSPS) is 16.1. The first-order valence-electron chi connectivity index (χ1n) is 8.16. The van der Waals surface area contributed by atoms with E-state index in [9.17, 15) is 9.59 Å². The Morgan fingerprint density at radius 2 is 2.08 bits per heavy atom. The van der Waals surface area contributed by atoms with Gasteiger partial charge < -0.3 is 10.1 Å². The van der Waals surface area contributed by atoms with Crippen LogP contribution in [-0.4, -0.2) is 33.0 Å². The Morgan fingerprint density at radius 3 is 2.81 bits per heavy atom. The second-order valence-electron chi connectivity index (χ2n) is 6.12. The Kier molecular flexibility index (Phi) is 3.80. The van der Waals surface area contributed by atoms with Crippen LogP contribution in [0.15, 0.2) is 41.2 Å². The minimum atomic E-state index is -0.301. The summed E-state index contributed by atoms with van der Waals surface area (Å²) in [6.07, 6.45) is 0.325. The molecule has 8 heteroatoms. The number of benzene rings is 1. The predicted molar refractivity (Wildman–Crippen MR) is 94.8 cm³/mol. The molecule has 132 valence electrons. The number of aromatic nitrogens is 4. The minimum Gasteiger partial charge on any atom is -0.497 e. The number of ether oxygens (including phenoxy) is 1. The van der Waals surface area contributed by atoms with E-state index in [0.717, 1.165) is 22.6 Å². The molecule has 1 amide bonds. The van der Waals surface area contributed by atoms with E-state index in [2.05, 4.69) is 20.6 Å². The Morgan fingerprint density at radius 1 is 1.23 bits per heavy atom. The van der Waals surface area contributed by atoms with Gasteiger partial charge in [-0.2, -0.15) is 14.9 Å². The topological polar surface area (TPSA) is 102 Å². The fraction of sp³-hybridized carbons (Fsp3) is 0.222. The first kappa shape index (κ1) is 16.1. The number of rotatable bonds is 3. The standard InChI is InChI=1S/C18H17N5O3/c1-10-17-13(11-4-3-5-12(8-11)26-2)9-16(25)19-18(17)23(22-10)14-6-7-15(24)21-20-14/h3-8,13H,9H2,1-2H3,(H,19,25)(H,21,24)/t13-/m1/s1. The maximum Gasteiger partial charge on any atom is 0.264 e. The van der Waals surface area contributed by atoms with E-state index in [1.165, 1.54) is 6.07 Å². The van der Waals surface area contributed by atoms with Gasteiger partial charge in [0.1, 0.15) is 11.6 Å². The van der Waals surface area contributed by atoms with E-state index in [4.69, 9.17) is 4.74 Å². The van der Waals surface area contributed by atoms with Gasteiger partial charge in [-0.25, -0.2) is 5.10 Å². The largest absolute Gasteiger partial charge is 0.497 e. The monoisotopic (exact) mass is 351 g/mol. The zero-order valence-electron chi connectivity index (χ0n) is 14.3. The number of aromatic amines is 1. The maximum absolute atomic E-state index is 12.3. The number of methoxy groups -OCH3 is 1. The molecule has 0 spiro atoms. The van der Waals surface area contributed by atoms with E-state index in [1.807, 2.05) is 31.2 Å². The summed E-state index contributed by atoms with van der Waals surface area (Å²) in [5.74, 6) is 1.51. The third-order valence-electron chi connectivity index (χ3n) is 4.48. The Hall–Kier alpha value is -3.42. The van der Waals surface area contributed by atoms with Crippen LogP contribution in [0.2, 0.25) is 0 Å². The van der Waals surface area contributed by atoms with Crippen molar-refractivity contribution in [3.8, 4) is 11.6 Å². The van der Waals surface area contributed by atoms with Crippen LogP contribution in [0, 0.1) is 6.92 Å². The van der Waals surface area contributed by atoms with E-state index in [0.29, 0.717) is 18.1 Å². The molecule has 0 aliphatic carbocycles. The zero-order chi connectivity index (χ0) is 18.3. The fourth-order valence-corrected chi connectivity index (χ4v) is 3.31. The van der Waals surface area contributed by atoms with Crippen molar-refractivity contribution in [2.75, 3.05) is 12.4 Å². The minimum absolute atomic E-state index is 0.101. The van der Waals surface area contributed by atoms with Crippen molar-refractivity contribution in [2.24, 2.45) is 0 Å². The van der Waals surface area contributed by atoms with E-state index in [-0.39, 0.29) is 17.4 Å². The summed E-state index contributed by atoms with van der Waals surface area (Å²) in [6, 6.07) is 10.6. The summed E-state index contributed by atoms with van der Waals surface area (Å²) >= 11 is 0. The van der Waals surface area contributed by atoms with Crippen molar-refractivity contribution < 1.29 is 9.53 Å². The highest BCUT2D eigenvalue weighted by atomic mass is 16.5. The second-order valence-corrected chi connectivity index (χ2v) is 6.12. The van der Waals surface area contributed by atoms with Crippen LogP contribution in [0.4, 0.5) is 5.82 Å². The molecule has 0 fully saturated rings. The van der Waals surface area contributed by atoms with Gasteiger partial charge in [-0.1, -0.05) is 12.1 Å². The van der Waals surface area contributed by atoms with Gasteiger partial charge in [-0.3, -0.25) is 9.59 Å². The lowest BCUT2D eigenvalue weighted by Crippen LogP contribution is -2.25. The Bertz CT molecular complexity index is 1030. The molecule has 0 unspecified atom stereocenters. The maximum atomic E-state index is 12.3. The number of amides is 1. The van der Waals surface area contributed by atoms with Crippen LogP contribution in [0.1, 0.15) is 29.2 Å². The Balaban J connectivity index is 1.86. The van der Waals surface area contributed by atoms with Gasteiger partial charge in [0.05, 0.1) is 12.8 Å². The average Bonchev–Trinajstić information content (AvgIpc) is 2.98. The van der Waals surface area contributed by atoms with Gasteiger partial charge in [0.15, 0.2) is 5.82 Å². The van der Waals surface area contributed by atoms with Crippen LogP contribution in [-0.2, 0) is 4.79 Å². The predicted octanol–water partition coefficient (Wildman–Crippen LogP) is 1.75. The molecule has 0 radical (unpaired) electrons. The highest BCUT2D eigenvalue weighted by molar-refractivity contribution is 5.95. The van der Waals surface area contributed by atoms with Crippen LogP contribution < -0.4 is 15.6 Å². The molecule has 1 atom stereocenters. The summed E-state index contributed by atoms with van der Waals surface area (Å²) in [6.45, 7) is 1.89. The molecule has 1 aromatic carbocycles. The SMILES string of the molecule is COc1cccc([C@H]2CC(=O)Nc3c2c(C)nn3-c2ccc(=O)[nH]n2)c1. The van der Waals surface area contributed by atoms with E-state index in [1.54, 1.807) is 17.9 Å². The number of H-pyrrole nitrogens is 1. The number of hydrogen-bond acceptors (Lipinski definition) is 5. The molecule has 1 aliphatic rings. The fourth-order valence-electron chi connectivity index (χ4n) is 3.31. The summed E-state index contributed by atoms with van der Waals surface area (Å²) < 4.78 is 6.86. The molecular weight excluding hydrogens is 334 g/mol. The van der Waals surface area contributed by atoms with E-state index < -0.39 is 0 Å². The van der Waals surface area contributed by atoms with Crippen molar-refractivity contribution in [1.82, 2.24) is 20.0 Å². The molecule has 2 aromatic heterocycles. The van der Waals surface area contributed by atoms with Gasteiger partial charge in [0.25, 0.3) is 5.56 Å². The summed E-state index contributed by atoms with van der Waals surface area (Å²) in [7, 11) is 1.61. The quantitative estimate of drug-likeness (QED) is 0.748. The third kappa shape index (κ3) is 2.65. The summed E-state index contributed by atoms with van der Waals surface area (Å²) in [4.78, 5) is 23.6. The number of carbonyl (C=O) groups is 1. The molecule has 2 N–H and O–H groups in total. The first-order chi connectivity index (χ1) is 12.6. The number of nitrogens with one attached hydrogen (secondary N) is 2. The van der Waals surface area contributed by atoms with Gasteiger partial charge in [0, 0.05) is 24.0 Å². The molecule has 1 aliphatic heterocycles. The molecular formula is C18H17N5O3. The smallest absolute Gasteiger partial charge is 0.264 e. The summed E-state index contributed by atoms with van der Waals surface area (Å²) in [5.41, 5.74) is 2.41. The Labute approximate surface area is 148 Å². The van der Waals surface area contributed by atoms with Crippen molar-refractivity contribution in [1.29, 1.82) is 0 Å². The molecule has 26 heavy (non-hydrogen) atoms. The number of aryl methyl sites for hydroxylation is 1. The number of carbonyl (C=O) groups excluding carboxylic acids is 1. The van der Waals surface area contributed by atoms with Gasteiger partial charge in [-0.05, 0) is 30.7 Å². The first-order valence-corrected chi connectivity index (χ1v) is 8.16. The number of hydrogen-bond donors (Lipinski definition) is 2. The van der Waals surface area contributed by atoms with Crippen LogP contribution >= 0.6 is 0 Å². The zero-order valence-corrected chi connectivity index (χ0v) is 14.3. The van der Waals surface area contributed by atoms with Gasteiger partial charge in [0.2, 0.25) is 5.91 Å². The summed E-state index contributed by atoms with van der Waals surface area (Å²) in [5, 5.41) is 13.8. The molecule has 0 bridgehead atoms. The highest BCUT2D eigenvalue weighted by Crippen LogP contribution is 2.40. The number of anilines is 1. The lowest BCUT2D eigenvalue weighted by molar-refractivity contribution is -0.116. The number of fused-ring (bicyclic) bond motifs is 1. The molecule has 3 heterocycles. The lowest BCUT2D eigenvalue weighted by Gasteiger charge is -2.24. The molecule has 8 nitrogen and oxygen atoms in total. The van der Waals surface area contributed by atoms with Gasteiger partial charge in [-0.15, -0.1) is 0 Å².